The lowest BCUT2D eigenvalue weighted by atomic mass is 10.2. The molecule has 0 saturated heterocycles. The standard InChI is InChI=1S/C12H13N3O2S/c1-8-3-5-11(9(2)14-8)13-7-10-4-6-12(18-10)15(16)17/h3-6,13H,7H2,1-2H3. The predicted octanol–water partition coefficient (Wildman–Crippen LogP) is 3.28. The van der Waals surface area contributed by atoms with Gasteiger partial charge in [-0.1, -0.05) is 11.3 Å². The number of nitro groups is 1. The lowest BCUT2D eigenvalue weighted by molar-refractivity contribution is -0.380. The number of aryl methyl sites for hydroxylation is 2. The number of aromatic nitrogens is 1. The molecule has 0 aliphatic carbocycles. The topological polar surface area (TPSA) is 68.1 Å². The first kappa shape index (κ1) is 12.5. The molecular formula is C12H13N3O2S. The molecule has 1 N–H and O–H groups in total. The predicted molar refractivity (Wildman–Crippen MR) is 72.0 cm³/mol. The minimum Gasteiger partial charge on any atom is -0.379 e. The lowest BCUT2D eigenvalue weighted by Crippen LogP contribution is -2.01. The first-order valence-corrected chi connectivity index (χ1v) is 6.29. The van der Waals surface area contributed by atoms with Gasteiger partial charge in [-0.3, -0.25) is 15.1 Å². The van der Waals surface area contributed by atoms with E-state index >= 15 is 0 Å². The third-order valence-corrected chi connectivity index (χ3v) is 3.54. The summed E-state index contributed by atoms with van der Waals surface area (Å²) in [6, 6.07) is 7.21. The van der Waals surface area contributed by atoms with Gasteiger partial charge in [-0.2, -0.15) is 0 Å². The molecule has 0 aliphatic heterocycles. The van der Waals surface area contributed by atoms with Crippen molar-refractivity contribution >= 4 is 22.0 Å². The van der Waals surface area contributed by atoms with Crippen LogP contribution in [0.3, 0.4) is 0 Å². The molecule has 5 nitrogen and oxygen atoms in total. The van der Waals surface area contributed by atoms with Crippen LogP contribution < -0.4 is 5.32 Å². The van der Waals surface area contributed by atoms with Crippen LogP contribution >= 0.6 is 11.3 Å². The van der Waals surface area contributed by atoms with Crippen LogP contribution in [0.4, 0.5) is 10.7 Å². The Morgan fingerprint density at radius 2 is 2.11 bits per heavy atom. The molecule has 0 unspecified atom stereocenters. The number of nitrogens with one attached hydrogen (secondary N) is 1. The van der Waals surface area contributed by atoms with Crippen molar-refractivity contribution in [2.75, 3.05) is 5.32 Å². The summed E-state index contributed by atoms with van der Waals surface area (Å²) in [7, 11) is 0. The number of pyridine rings is 1. The second kappa shape index (κ2) is 5.14. The summed E-state index contributed by atoms with van der Waals surface area (Å²) in [5.41, 5.74) is 2.86. The normalized spacial score (nSPS) is 10.3. The van der Waals surface area contributed by atoms with Gasteiger partial charge in [-0.25, -0.2) is 0 Å². The zero-order chi connectivity index (χ0) is 13.1. The number of thiophene rings is 1. The number of hydrogen-bond donors (Lipinski definition) is 1. The highest BCUT2D eigenvalue weighted by molar-refractivity contribution is 7.15. The van der Waals surface area contributed by atoms with Crippen molar-refractivity contribution < 1.29 is 4.92 Å². The molecule has 6 heteroatoms. The largest absolute Gasteiger partial charge is 0.379 e. The van der Waals surface area contributed by atoms with E-state index in [-0.39, 0.29) is 9.92 Å². The number of hydrogen-bond acceptors (Lipinski definition) is 5. The summed E-state index contributed by atoms with van der Waals surface area (Å²) < 4.78 is 0. The highest BCUT2D eigenvalue weighted by atomic mass is 32.1. The van der Waals surface area contributed by atoms with Gasteiger partial charge in [0.2, 0.25) is 0 Å². The molecule has 0 bridgehead atoms. The lowest BCUT2D eigenvalue weighted by Gasteiger charge is -2.07. The Labute approximate surface area is 109 Å². The van der Waals surface area contributed by atoms with Crippen molar-refractivity contribution in [1.82, 2.24) is 4.98 Å². The third kappa shape index (κ3) is 2.84. The summed E-state index contributed by atoms with van der Waals surface area (Å²) >= 11 is 1.19. The van der Waals surface area contributed by atoms with Crippen LogP contribution in [0.2, 0.25) is 0 Å². The molecule has 2 aromatic heterocycles. The van der Waals surface area contributed by atoms with Crippen molar-refractivity contribution in [1.29, 1.82) is 0 Å². The smallest absolute Gasteiger partial charge is 0.324 e. The average molecular weight is 263 g/mol. The molecule has 0 saturated carbocycles. The second-order valence-electron chi connectivity index (χ2n) is 3.94. The monoisotopic (exact) mass is 263 g/mol. The van der Waals surface area contributed by atoms with E-state index in [0.717, 1.165) is 22.0 Å². The maximum Gasteiger partial charge on any atom is 0.324 e. The first-order valence-electron chi connectivity index (χ1n) is 5.47. The van der Waals surface area contributed by atoms with E-state index in [1.807, 2.05) is 26.0 Å². The molecule has 94 valence electrons. The molecular weight excluding hydrogens is 250 g/mol. The average Bonchev–Trinajstić information content (AvgIpc) is 2.76. The Balaban J connectivity index is 2.04. The zero-order valence-corrected chi connectivity index (χ0v) is 11.0. The summed E-state index contributed by atoms with van der Waals surface area (Å²) in [6.07, 6.45) is 0. The summed E-state index contributed by atoms with van der Waals surface area (Å²) in [5.74, 6) is 0. The number of anilines is 1. The van der Waals surface area contributed by atoms with Gasteiger partial charge in [0.1, 0.15) is 0 Å². The van der Waals surface area contributed by atoms with Gasteiger partial charge in [-0.05, 0) is 32.0 Å². The van der Waals surface area contributed by atoms with E-state index in [9.17, 15) is 10.1 Å². The Morgan fingerprint density at radius 3 is 2.72 bits per heavy atom. The molecule has 0 radical (unpaired) electrons. The third-order valence-electron chi connectivity index (χ3n) is 2.51. The molecule has 0 spiro atoms. The maximum atomic E-state index is 10.6. The van der Waals surface area contributed by atoms with E-state index in [4.69, 9.17) is 0 Å². The maximum absolute atomic E-state index is 10.6. The minimum absolute atomic E-state index is 0.172. The summed E-state index contributed by atoms with van der Waals surface area (Å²) in [4.78, 5) is 15.5. The number of rotatable bonds is 4. The van der Waals surface area contributed by atoms with Crippen LogP contribution in [0.5, 0.6) is 0 Å². The molecule has 0 atom stereocenters. The van der Waals surface area contributed by atoms with Crippen molar-refractivity contribution in [3.63, 3.8) is 0 Å². The van der Waals surface area contributed by atoms with E-state index < -0.39 is 0 Å². The van der Waals surface area contributed by atoms with Gasteiger partial charge in [0.05, 0.1) is 16.3 Å². The van der Waals surface area contributed by atoms with Crippen LogP contribution in [-0.4, -0.2) is 9.91 Å². The van der Waals surface area contributed by atoms with Gasteiger partial charge in [0.15, 0.2) is 0 Å². The molecule has 0 fully saturated rings. The fourth-order valence-electron chi connectivity index (χ4n) is 1.62. The summed E-state index contributed by atoms with van der Waals surface area (Å²) in [5, 5.41) is 14.0. The van der Waals surface area contributed by atoms with Crippen molar-refractivity contribution in [3.05, 3.63) is 50.6 Å². The SMILES string of the molecule is Cc1ccc(NCc2ccc([N+](=O)[O-])s2)c(C)n1. The fraction of sp³-hybridized carbons (Fsp3) is 0.250. The van der Waals surface area contributed by atoms with E-state index in [0.29, 0.717) is 6.54 Å². The second-order valence-corrected chi connectivity index (χ2v) is 5.08. The summed E-state index contributed by atoms with van der Waals surface area (Å²) in [6.45, 7) is 4.45. The molecule has 2 aromatic rings. The van der Waals surface area contributed by atoms with Gasteiger partial charge >= 0.3 is 5.00 Å². The Bertz CT molecular complexity index is 580. The quantitative estimate of drug-likeness (QED) is 0.679. The van der Waals surface area contributed by atoms with Gasteiger partial charge in [0.25, 0.3) is 0 Å². The first-order chi connectivity index (χ1) is 8.56. The molecule has 0 aliphatic rings. The molecule has 2 heterocycles. The minimum atomic E-state index is -0.368. The number of nitrogens with zero attached hydrogens (tertiary/aromatic N) is 2. The van der Waals surface area contributed by atoms with Gasteiger partial charge in [0, 0.05) is 23.2 Å². The van der Waals surface area contributed by atoms with E-state index in [1.165, 1.54) is 17.4 Å². The highest BCUT2D eigenvalue weighted by Crippen LogP contribution is 2.25. The van der Waals surface area contributed by atoms with Crippen molar-refractivity contribution in [2.45, 2.75) is 20.4 Å². The van der Waals surface area contributed by atoms with Gasteiger partial charge in [-0.15, -0.1) is 0 Å². The molecule has 0 amide bonds. The zero-order valence-electron chi connectivity index (χ0n) is 10.1. The Morgan fingerprint density at radius 1 is 1.33 bits per heavy atom. The van der Waals surface area contributed by atoms with E-state index in [1.54, 1.807) is 6.07 Å². The molecule has 0 aromatic carbocycles. The van der Waals surface area contributed by atoms with Crippen LogP contribution in [-0.2, 0) is 6.54 Å². The van der Waals surface area contributed by atoms with Crippen LogP contribution in [0.1, 0.15) is 16.3 Å². The Kier molecular flexibility index (Phi) is 3.57. The van der Waals surface area contributed by atoms with Gasteiger partial charge < -0.3 is 5.32 Å². The van der Waals surface area contributed by atoms with Crippen LogP contribution in [0.25, 0.3) is 0 Å². The van der Waals surface area contributed by atoms with E-state index in [2.05, 4.69) is 10.3 Å². The molecule has 2 rings (SSSR count). The fourth-order valence-corrected chi connectivity index (χ4v) is 2.38. The Hall–Kier alpha value is -1.95. The van der Waals surface area contributed by atoms with Crippen molar-refractivity contribution in [2.24, 2.45) is 0 Å². The van der Waals surface area contributed by atoms with Crippen LogP contribution in [0, 0.1) is 24.0 Å². The molecule has 18 heavy (non-hydrogen) atoms. The highest BCUT2D eigenvalue weighted by Gasteiger charge is 2.09. The van der Waals surface area contributed by atoms with Crippen molar-refractivity contribution in [3.8, 4) is 0 Å². The van der Waals surface area contributed by atoms with Crippen LogP contribution in [0.15, 0.2) is 24.3 Å².